The van der Waals surface area contributed by atoms with Crippen molar-refractivity contribution in [3.63, 3.8) is 0 Å². The first-order valence-electron chi connectivity index (χ1n) is 6.10. The number of nitro benzene ring substituents is 1. The Bertz CT molecular complexity index is 456. The second kappa shape index (κ2) is 4.94. The van der Waals surface area contributed by atoms with Crippen LogP contribution in [0.5, 0.6) is 5.75 Å². The van der Waals surface area contributed by atoms with Crippen LogP contribution in [-0.2, 0) is 6.54 Å². The average Bonchev–Trinajstić information content (AvgIpc) is 2.33. The SMILES string of the molecule is COc1ccc(CNC2(C)CCC2)cc1[N+](=O)[O-]. The van der Waals surface area contributed by atoms with Gasteiger partial charge in [0.15, 0.2) is 5.75 Å². The van der Waals surface area contributed by atoms with E-state index in [0.717, 1.165) is 5.56 Å². The number of nitrogens with one attached hydrogen (secondary N) is 1. The van der Waals surface area contributed by atoms with Crippen molar-refractivity contribution in [2.45, 2.75) is 38.3 Å². The van der Waals surface area contributed by atoms with Gasteiger partial charge in [-0.05, 0) is 37.8 Å². The fraction of sp³-hybridized carbons (Fsp3) is 0.538. The molecular weight excluding hydrogens is 232 g/mol. The molecule has 0 spiro atoms. The zero-order valence-electron chi connectivity index (χ0n) is 10.7. The standard InChI is InChI=1S/C13H18N2O3/c1-13(6-3-7-13)14-9-10-4-5-12(18-2)11(8-10)15(16)17/h4-5,8,14H,3,6-7,9H2,1-2H3. The van der Waals surface area contributed by atoms with Crippen molar-refractivity contribution < 1.29 is 9.66 Å². The van der Waals surface area contributed by atoms with E-state index in [4.69, 9.17) is 4.74 Å². The molecule has 1 saturated carbocycles. The fourth-order valence-corrected chi connectivity index (χ4v) is 2.19. The Balaban J connectivity index is 2.09. The van der Waals surface area contributed by atoms with Crippen LogP contribution in [-0.4, -0.2) is 17.6 Å². The number of methoxy groups -OCH3 is 1. The molecule has 0 aromatic heterocycles. The predicted octanol–water partition coefficient (Wildman–Crippen LogP) is 2.64. The first-order chi connectivity index (χ1) is 8.54. The van der Waals surface area contributed by atoms with Crippen molar-refractivity contribution in [1.82, 2.24) is 5.32 Å². The minimum Gasteiger partial charge on any atom is -0.490 e. The van der Waals surface area contributed by atoms with Gasteiger partial charge in [-0.15, -0.1) is 0 Å². The highest BCUT2D eigenvalue weighted by Gasteiger charge is 2.30. The number of hydrogen-bond donors (Lipinski definition) is 1. The monoisotopic (exact) mass is 250 g/mol. The van der Waals surface area contributed by atoms with Crippen LogP contribution in [0.3, 0.4) is 0 Å². The number of benzene rings is 1. The van der Waals surface area contributed by atoms with Crippen molar-refractivity contribution in [2.24, 2.45) is 0 Å². The van der Waals surface area contributed by atoms with Gasteiger partial charge in [0.05, 0.1) is 12.0 Å². The molecule has 1 fully saturated rings. The van der Waals surface area contributed by atoms with Gasteiger partial charge in [-0.25, -0.2) is 0 Å². The number of nitrogens with zero attached hydrogens (tertiary/aromatic N) is 1. The molecule has 5 heteroatoms. The Kier molecular flexibility index (Phi) is 3.52. The van der Waals surface area contributed by atoms with Crippen LogP contribution in [0.25, 0.3) is 0 Å². The van der Waals surface area contributed by atoms with E-state index in [1.807, 2.05) is 6.07 Å². The molecule has 0 bridgehead atoms. The van der Waals surface area contributed by atoms with E-state index in [1.165, 1.54) is 26.4 Å². The maximum Gasteiger partial charge on any atom is 0.311 e. The number of rotatable bonds is 5. The van der Waals surface area contributed by atoms with E-state index in [9.17, 15) is 10.1 Å². The van der Waals surface area contributed by atoms with Gasteiger partial charge in [0.1, 0.15) is 0 Å². The molecule has 0 amide bonds. The number of nitro groups is 1. The van der Waals surface area contributed by atoms with E-state index in [0.29, 0.717) is 12.3 Å². The second-order valence-electron chi connectivity index (χ2n) is 5.03. The molecule has 1 aliphatic carbocycles. The largest absolute Gasteiger partial charge is 0.490 e. The third-order valence-electron chi connectivity index (χ3n) is 3.62. The van der Waals surface area contributed by atoms with Crippen LogP contribution in [0.2, 0.25) is 0 Å². The lowest BCUT2D eigenvalue weighted by molar-refractivity contribution is -0.385. The third-order valence-corrected chi connectivity index (χ3v) is 3.62. The van der Waals surface area contributed by atoms with Crippen molar-refractivity contribution in [1.29, 1.82) is 0 Å². The van der Waals surface area contributed by atoms with E-state index < -0.39 is 4.92 Å². The Labute approximate surface area is 106 Å². The van der Waals surface area contributed by atoms with Gasteiger partial charge < -0.3 is 10.1 Å². The summed E-state index contributed by atoms with van der Waals surface area (Å²) in [4.78, 5) is 10.5. The summed E-state index contributed by atoms with van der Waals surface area (Å²) < 4.78 is 4.98. The molecular formula is C13H18N2O3. The topological polar surface area (TPSA) is 64.4 Å². The Morgan fingerprint density at radius 1 is 1.50 bits per heavy atom. The van der Waals surface area contributed by atoms with E-state index in [-0.39, 0.29) is 11.2 Å². The molecule has 0 unspecified atom stereocenters. The molecule has 5 nitrogen and oxygen atoms in total. The van der Waals surface area contributed by atoms with Gasteiger partial charge in [0.2, 0.25) is 0 Å². The van der Waals surface area contributed by atoms with Crippen molar-refractivity contribution >= 4 is 5.69 Å². The molecule has 2 rings (SSSR count). The summed E-state index contributed by atoms with van der Waals surface area (Å²) in [6.07, 6.45) is 3.60. The van der Waals surface area contributed by atoms with Gasteiger partial charge in [-0.3, -0.25) is 10.1 Å². The molecule has 1 aromatic rings. The smallest absolute Gasteiger partial charge is 0.311 e. The molecule has 18 heavy (non-hydrogen) atoms. The normalized spacial score (nSPS) is 17.0. The molecule has 98 valence electrons. The van der Waals surface area contributed by atoms with Crippen molar-refractivity contribution in [2.75, 3.05) is 7.11 Å². The zero-order valence-corrected chi connectivity index (χ0v) is 10.7. The van der Waals surface area contributed by atoms with E-state index in [2.05, 4.69) is 12.2 Å². The number of hydrogen-bond acceptors (Lipinski definition) is 4. The minimum absolute atomic E-state index is 0.0237. The summed E-state index contributed by atoms with van der Waals surface area (Å²) in [5.41, 5.74) is 1.14. The lowest BCUT2D eigenvalue weighted by Crippen LogP contribution is -2.47. The molecule has 1 aliphatic rings. The van der Waals surface area contributed by atoms with Crippen LogP contribution in [0.1, 0.15) is 31.7 Å². The van der Waals surface area contributed by atoms with E-state index >= 15 is 0 Å². The number of ether oxygens (including phenoxy) is 1. The summed E-state index contributed by atoms with van der Waals surface area (Å²) in [5, 5.41) is 14.4. The zero-order chi connectivity index (χ0) is 13.2. The molecule has 0 heterocycles. The van der Waals surface area contributed by atoms with Gasteiger partial charge >= 0.3 is 5.69 Å². The van der Waals surface area contributed by atoms with Crippen LogP contribution < -0.4 is 10.1 Å². The Morgan fingerprint density at radius 3 is 2.72 bits per heavy atom. The van der Waals surface area contributed by atoms with Gasteiger partial charge in [0.25, 0.3) is 0 Å². The summed E-state index contributed by atoms with van der Waals surface area (Å²) in [6, 6.07) is 5.09. The highest BCUT2D eigenvalue weighted by molar-refractivity contribution is 5.48. The van der Waals surface area contributed by atoms with Crippen LogP contribution in [0.4, 0.5) is 5.69 Å². The van der Waals surface area contributed by atoms with Gasteiger partial charge in [-0.2, -0.15) is 0 Å². The molecule has 0 aliphatic heterocycles. The van der Waals surface area contributed by atoms with Gasteiger partial charge in [-0.1, -0.05) is 6.07 Å². The summed E-state index contributed by atoms with van der Waals surface area (Å²) in [6.45, 7) is 2.84. The first-order valence-corrected chi connectivity index (χ1v) is 6.10. The molecule has 0 saturated heterocycles. The van der Waals surface area contributed by atoms with Crippen LogP contribution in [0, 0.1) is 10.1 Å². The van der Waals surface area contributed by atoms with Crippen LogP contribution in [0.15, 0.2) is 18.2 Å². The lowest BCUT2D eigenvalue weighted by atomic mass is 9.78. The summed E-state index contributed by atoms with van der Waals surface area (Å²) >= 11 is 0. The third kappa shape index (κ3) is 2.61. The highest BCUT2D eigenvalue weighted by Crippen LogP contribution is 2.32. The first kappa shape index (κ1) is 12.8. The highest BCUT2D eigenvalue weighted by atomic mass is 16.6. The van der Waals surface area contributed by atoms with Crippen molar-refractivity contribution in [3.05, 3.63) is 33.9 Å². The lowest BCUT2D eigenvalue weighted by Gasteiger charge is -2.39. The average molecular weight is 250 g/mol. The molecule has 1 aromatic carbocycles. The minimum atomic E-state index is -0.409. The summed E-state index contributed by atoms with van der Waals surface area (Å²) in [5.74, 6) is 0.304. The maximum absolute atomic E-state index is 10.9. The predicted molar refractivity (Wildman–Crippen MR) is 68.7 cm³/mol. The Morgan fingerprint density at radius 2 is 2.22 bits per heavy atom. The summed E-state index contributed by atoms with van der Waals surface area (Å²) in [7, 11) is 1.44. The molecule has 1 N–H and O–H groups in total. The fourth-order valence-electron chi connectivity index (χ4n) is 2.19. The van der Waals surface area contributed by atoms with Gasteiger partial charge in [0, 0.05) is 18.2 Å². The maximum atomic E-state index is 10.9. The molecule has 0 atom stereocenters. The van der Waals surface area contributed by atoms with E-state index in [1.54, 1.807) is 12.1 Å². The second-order valence-corrected chi connectivity index (χ2v) is 5.03. The van der Waals surface area contributed by atoms with Crippen LogP contribution >= 0.6 is 0 Å². The quantitative estimate of drug-likeness (QED) is 0.644. The Hall–Kier alpha value is -1.62. The molecule has 0 radical (unpaired) electrons. The van der Waals surface area contributed by atoms with Crippen molar-refractivity contribution in [3.8, 4) is 5.75 Å².